The molecular weight excluding hydrogens is 238 g/mol. The van der Waals surface area contributed by atoms with E-state index in [-0.39, 0.29) is 0 Å². The second-order valence-electron chi connectivity index (χ2n) is 4.96. The number of nitrogens with two attached hydrogens (primary N) is 1. The third kappa shape index (κ3) is 1.76. The number of nitrogen functional groups attached to an aromatic ring is 1. The van der Waals surface area contributed by atoms with Crippen molar-refractivity contribution in [2.75, 3.05) is 5.73 Å². The van der Waals surface area contributed by atoms with Gasteiger partial charge in [0.2, 0.25) is 0 Å². The predicted octanol–water partition coefficient (Wildman–Crippen LogP) is 3.35. The molecule has 2 N–H and O–H groups in total. The molecule has 2 heterocycles. The van der Waals surface area contributed by atoms with Gasteiger partial charge < -0.3 is 10.2 Å². The minimum absolute atomic E-state index is 0.525. The molecule has 1 aromatic carbocycles. The highest BCUT2D eigenvalue weighted by atomic mass is 16.3. The zero-order valence-corrected chi connectivity index (χ0v) is 10.3. The fourth-order valence-corrected chi connectivity index (χ4v) is 2.35. The van der Waals surface area contributed by atoms with Crippen molar-refractivity contribution in [2.45, 2.75) is 18.8 Å². The van der Waals surface area contributed by atoms with Gasteiger partial charge in [0.1, 0.15) is 17.7 Å². The van der Waals surface area contributed by atoms with Crippen molar-refractivity contribution in [1.29, 1.82) is 0 Å². The van der Waals surface area contributed by atoms with Crippen LogP contribution in [0.5, 0.6) is 0 Å². The molecule has 0 amide bonds. The number of para-hydroxylation sites is 1. The first-order chi connectivity index (χ1) is 9.31. The maximum Gasteiger partial charge on any atom is 0.165 e. The summed E-state index contributed by atoms with van der Waals surface area (Å²) in [6, 6.07) is 9.76. The van der Waals surface area contributed by atoms with Gasteiger partial charge in [-0.15, -0.1) is 0 Å². The first-order valence-corrected chi connectivity index (χ1v) is 6.42. The second kappa shape index (κ2) is 3.82. The number of hydrogen-bond donors (Lipinski definition) is 1. The lowest BCUT2D eigenvalue weighted by Gasteiger charge is -2.03. The average Bonchev–Trinajstić information content (AvgIpc) is 3.18. The number of hydrogen-bond acceptors (Lipinski definition) is 4. The quantitative estimate of drug-likeness (QED) is 0.758. The number of anilines is 1. The summed E-state index contributed by atoms with van der Waals surface area (Å²) in [6.45, 7) is 0. The van der Waals surface area contributed by atoms with Crippen molar-refractivity contribution in [3.63, 3.8) is 0 Å². The van der Waals surface area contributed by atoms with E-state index in [0.29, 0.717) is 17.6 Å². The van der Waals surface area contributed by atoms with Gasteiger partial charge in [-0.05, 0) is 18.9 Å². The highest BCUT2D eigenvalue weighted by Crippen LogP contribution is 2.40. The van der Waals surface area contributed by atoms with Crippen LogP contribution in [0.1, 0.15) is 24.5 Å². The van der Waals surface area contributed by atoms with Crippen molar-refractivity contribution in [2.24, 2.45) is 0 Å². The van der Waals surface area contributed by atoms with Crippen LogP contribution in [0.25, 0.3) is 22.4 Å². The van der Waals surface area contributed by atoms with Gasteiger partial charge in [0.25, 0.3) is 0 Å². The van der Waals surface area contributed by atoms with Crippen LogP contribution in [-0.2, 0) is 0 Å². The molecule has 4 heteroatoms. The van der Waals surface area contributed by atoms with E-state index in [0.717, 1.165) is 22.2 Å². The predicted molar refractivity (Wildman–Crippen MR) is 73.6 cm³/mol. The number of aromatic nitrogens is 2. The second-order valence-corrected chi connectivity index (χ2v) is 4.96. The van der Waals surface area contributed by atoms with E-state index in [9.17, 15) is 0 Å². The highest BCUT2D eigenvalue weighted by molar-refractivity contribution is 5.92. The first kappa shape index (κ1) is 10.6. The molecule has 94 valence electrons. The molecule has 4 nitrogen and oxygen atoms in total. The van der Waals surface area contributed by atoms with Crippen LogP contribution in [0.2, 0.25) is 0 Å². The Morgan fingerprint density at radius 3 is 2.84 bits per heavy atom. The minimum atomic E-state index is 0.525. The summed E-state index contributed by atoms with van der Waals surface area (Å²) >= 11 is 0. The Morgan fingerprint density at radius 2 is 2.00 bits per heavy atom. The maximum absolute atomic E-state index is 5.89. The lowest BCUT2D eigenvalue weighted by Crippen LogP contribution is -1.99. The summed E-state index contributed by atoms with van der Waals surface area (Å²) in [5.74, 6) is 1.74. The van der Waals surface area contributed by atoms with E-state index in [4.69, 9.17) is 10.2 Å². The van der Waals surface area contributed by atoms with Crippen LogP contribution in [-0.4, -0.2) is 9.97 Å². The maximum atomic E-state index is 5.89. The highest BCUT2D eigenvalue weighted by Gasteiger charge is 2.26. The Balaban J connectivity index is 1.91. The fraction of sp³-hybridized carbons (Fsp3) is 0.200. The normalized spacial score (nSPS) is 14.9. The SMILES string of the molecule is Nc1cc(C2CC2)nc(-c2coc3ccccc23)n1. The van der Waals surface area contributed by atoms with Gasteiger partial charge in [-0.2, -0.15) is 0 Å². The molecule has 0 radical (unpaired) electrons. The number of fused-ring (bicyclic) bond motifs is 1. The van der Waals surface area contributed by atoms with Crippen molar-refractivity contribution in [3.05, 3.63) is 42.3 Å². The fourth-order valence-electron chi connectivity index (χ4n) is 2.35. The summed E-state index contributed by atoms with van der Waals surface area (Å²) < 4.78 is 5.54. The standard InChI is InChI=1S/C15H13N3O/c16-14-7-12(9-5-6-9)17-15(18-14)11-8-19-13-4-2-1-3-10(11)13/h1-4,7-9H,5-6H2,(H2,16,17,18). The van der Waals surface area contributed by atoms with E-state index >= 15 is 0 Å². The van der Waals surface area contributed by atoms with Crippen LogP contribution in [0.4, 0.5) is 5.82 Å². The molecule has 19 heavy (non-hydrogen) atoms. The molecule has 0 aliphatic heterocycles. The number of nitrogens with zero attached hydrogens (tertiary/aromatic N) is 2. The van der Waals surface area contributed by atoms with Crippen LogP contribution in [0.3, 0.4) is 0 Å². The number of benzene rings is 1. The molecule has 1 aliphatic carbocycles. The van der Waals surface area contributed by atoms with Crippen LogP contribution in [0, 0.1) is 0 Å². The third-order valence-electron chi connectivity index (χ3n) is 3.48. The van der Waals surface area contributed by atoms with E-state index in [1.54, 1.807) is 6.26 Å². The Hall–Kier alpha value is -2.36. The van der Waals surface area contributed by atoms with Gasteiger partial charge in [0.15, 0.2) is 5.82 Å². The van der Waals surface area contributed by atoms with Crippen molar-refractivity contribution in [1.82, 2.24) is 9.97 Å². The molecule has 4 rings (SSSR count). The lowest BCUT2D eigenvalue weighted by molar-refractivity contribution is 0.616. The van der Waals surface area contributed by atoms with E-state index in [2.05, 4.69) is 9.97 Å². The summed E-state index contributed by atoms with van der Waals surface area (Å²) in [5, 5.41) is 1.02. The van der Waals surface area contributed by atoms with Gasteiger partial charge in [-0.25, -0.2) is 9.97 Å². The molecule has 2 aromatic heterocycles. The first-order valence-electron chi connectivity index (χ1n) is 6.42. The topological polar surface area (TPSA) is 64.9 Å². The summed E-state index contributed by atoms with van der Waals surface area (Å²) in [7, 11) is 0. The van der Waals surface area contributed by atoms with Crippen molar-refractivity contribution < 1.29 is 4.42 Å². The number of furan rings is 1. The van der Waals surface area contributed by atoms with Crippen molar-refractivity contribution >= 4 is 16.8 Å². The Kier molecular flexibility index (Phi) is 2.12. The van der Waals surface area contributed by atoms with Gasteiger partial charge >= 0.3 is 0 Å². The molecule has 0 atom stereocenters. The Labute approximate surface area is 110 Å². The summed E-state index contributed by atoms with van der Waals surface area (Å²) in [4.78, 5) is 8.98. The van der Waals surface area contributed by atoms with Crippen LogP contribution in [0.15, 0.2) is 41.0 Å². The largest absolute Gasteiger partial charge is 0.464 e. The zero-order chi connectivity index (χ0) is 12.8. The van der Waals surface area contributed by atoms with E-state index in [1.165, 1.54) is 12.8 Å². The average molecular weight is 251 g/mol. The smallest absolute Gasteiger partial charge is 0.165 e. The van der Waals surface area contributed by atoms with Crippen molar-refractivity contribution in [3.8, 4) is 11.4 Å². The van der Waals surface area contributed by atoms with Crippen LogP contribution >= 0.6 is 0 Å². The molecule has 0 saturated heterocycles. The van der Waals surface area contributed by atoms with Crippen LogP contribution < -0.4 is 5.73 Å². The summed E-state index contributed by atoms with van der Waals surface area (Å²) in [6.07, 6.45) is 4.10. The number of rotatable bonds is 2. The van der Waals surface area contributed by atoms with E-state index in [1.807, 2.05) is 30.3 Å². The molecule has 1 fully saturated rings. The summed E-state index contributed by atoms with van der Waals surface area (Å²) in [5.41, 5.74) is 8.69. The van der Waals surface area contributed by atoms with Gasteiger partial charge in [0, 0.05) is 23.1 Å². The third-order valence-corrected chi connectivity index (χ3v) is 3.48. The van der Waals surface area contributed by atoms with Gasteiger partial charge in [-0.1, -0.05) is 18.2 Å². The van der Waals surface area contributed by atoms with Gasteiger partial charge in [-0.3, -0.25) is 0 Å². The molecular formula is C15H13N3O. The van der Waals surface area contributed by atoms with E-state index < -0.39 is 0 Å². The monoisotopic (exact) mass is 251 g/mol. The van der Waals surface area contributed by atoms with Gasteiger partial charge in [0.05, 0.1) is 5.56 Å². The lowest BCUT2D eigenvalue weighted by atomic mass is 10.1. The molecule has 0 spiro atoms. The Morgan fingerprint density at radius 1 is 1.16 bits per heavy atom. The molecule has 1 saturated carbocycles. The zero-order valence-electron chi connectivity index (χ0n) is 10.3. The minimum Gasteiger partial charge on any atom is -0.464 e. The molecule has 0 bridgehead atoms. The molecule has 3 aromatic rings. The molecule has 1 aliphatic rings. The Bertz CT molecular complexity index is 759. The molecule has 0 unspecified atom stereocenters.